The van der Waals surface area contributed by atoms with Crippen molar-refractivity contribution in [2.24, 2.45) is 5.73 Å². The summed E-state index contributed by atoms with van der Waals surface area (Å²) in [6.07, 6.45) is 3.98. The highest BCUT2D eigenvalue weighted by molar-refractivity contribution is 5.78. The summed E-state index contributed by atoms with van der Waals surface area (Å²) in [4.78, 5) is 11.5. The normalized spacial score (nSPS) is 17.1. The lowest BCUT2D eigenvalue weighted by Gasteiger charge is -2.24. The first kappa shape index (κ1) is 14.6. The van der Waals surface area contributed by atoms with E-state index in [0.717, 1.165) is 36.6 Å². The molecule has 1 aromatic heterocycles. The lowest BCUT2D eigenvalue weighted by molar-refractivity contribution is -0.120. The van der Waals surface area contributed by atoms with Crippen LogP contribution in [0.2, 0.25) is 0 Å². The van der Waals surface area contributed by atoms with Crippen LogP contribution in [-0.4, -0.2) is 22.2 Å². The fourth-order valence-corrected chi connectivity index (χ4v) is 2.82. The monoisotopic (exact) mass is 306 g/mol. The van der Waals surface area contributed by atoms with E-state index in [4.69, 9.17) is 5.73 Å². The highest BCUT2D eigenvalue weighted by atomic mass is 19.1. The van der Waals surface area contributed by atoms with E-state index in [9.17, 15) is 13.6 Å². The van der Waals surface area contributed by atoms with Crippen LogP contribution in [0.5, 0.6) is 0 Å². The number of hydrogen-bond acceptors (Lipinski definition) is 3. The minimum Gasteiger partial charge on any atom is -0.348 e. The van der Waals surface area contributed by atoms with Crippen molar-refractivity contribution in [3.8, 4) is 5.69 Å². The van der Waals surface area contributed by atoms with E-state index in [1.807, 2.05) is 0 Å². The Balaban J connectivity index is 1.98. The lowest BCUT2D eigenvalue weighted by Crippen LogP contribution is -2.35. The minimum atomic E-state index is -0.668. The molecule has 0 radical (unpaired) electrons. The third-order valence-corrected chi connectivity index (χ3v) is 3.84. The van der Waals surface area contributed by atoms with Crippen LogP contribution in [0.15, 0.2) is 24.4 Å². The van der Waals surface area contributed by atoms with Crippen molar-refractivity contribution in [3.63, 3.8) is 0 Å². The minimum absolute atomic E-state index is 0.0768. The molecule has 116 valence electrons. The van der Waals surface area contributed by atoms with Gasteiger partial charge in [-0.25, -0.2) is 13.5 Å². The number of benzene rings is 1. The predicted molar refractivity (Wildman–Crippen MR) is 76.4 cm³/mol. The Bertz CT molecular complexity index is 714. The Hall–Kier alpha value is -2.28. The number of amides is 1. The molecule has 5 nitrogen and oxygen atoms in total. The van der Waals surface area contributed by atoms with Crippen LogP contribution in [-0.2, 0) is 11.2 Å². The third kappa shape index (κ3) is 2.59. The van der Waals surface area contributed by atoms with Crippen molar-refractivity contribution in [3.05, 3.63) is 47.3 Å². The van der Waals surface area contributed by atoms with Crippen LogP contribution in [0.25, 0.3) is 5.69 Å². The van der Waals surface area contributed by atoms with Gasteiger partial charge in [0.1, 0.15) is 11.5 Å². The quantitative estimate of drug-likeness (QED) is 0.904. The molecule has 1 heterocycles. The zero-order valence-electron chi connectivity index (χ0n) is 11.9. The van der Waals surface area contributed by atoms with Crippen molar-refractivity contribution >= 4 is 5.91 Å². The van der Waals surface area contributed by atoms with Crippen LogP contribution in [0.4, 0.5) is 8.78 Å². The molecule has 3 rings (SSSR count). The van der Waals surface area contributed by atoms with Crippen molar-refractivity contribution in [1.29, 1.82) is 0 Å². The predicted octanol–water partition coefficient (Wildman–Crippen LogP) is 1.60. The molecular formula is C15H16F2N4O. The van der Waals surface area contributed by atoms with Gasteiger partial charge in [-0.15, -0.1) is 0 Å². The molecule has 0 fully saturated rings. The molecule has 3 N–H and O–H groups in total. The number of nitrogens with zero attached hydrogens (tertiary/aromatic N) is 2. The highest BCUT2D eigenvalue weighted by Gasteiger charge is 2.26. The molecule has 1 amide bonds. The molecule has 0 spiro atoms. The SMILES string of the molecule is NCC(=O)N[C@H]1CCCc2c1cnn2-c1ccc(F)cc1F. The van der Waals surface area contributed by atoms with Crippen molar-refractivity contribution in [2.45, 2.75) is 25.3 Å². The van der Waals surface area contributed by atoms with Gasteiger partial charge < -0.3 is 11.1 Å². The van der Waals surface area contributed by atoms with Crippen molar-refractivity contribution in [2.75, 3.05) is 6.54 Å². The molecule has 1 aliphatic rings. The first-order chi connectivity index (χ1) is 10.6. The fourth-order valence-electron chi connectivity index (χ4n) is 2.82. The third-order valence-electron chi connectivity index (χ3n) is 3.84. The van der Waals surface area contributed by atoms with Crippen LogP contribution in [0.3, 0.4) is 0 Å². The number of nitrogens with one attached hydrogen (secondary N) is 1. The van der Waals surface area contributed by atoms with Gasteiger partial charge in [-0.3, -0.25) is 4.79 Å². The van der Waals surface area contributed by atoms with Gasteiger partial charge in [0.15, 0.2) is 5.82 Å². The summed E-state index contributed by atoms with van der Waals surface area (Å²) >= 11 is 0. The second-order valence-corrected chi connectivity index (χ2v) is 5.27. The largest absolute Gasteiger partial charge is 0.348 e. The maximum absolute atomic E-state index is 14.0. The second-order valence-electron chi connectivity index (χ2n) is 5.27. The topological polar surface area (TPSA) is 72.9 Å². The van der Waals surface area contributed by atoms with Gasteiger partial charge in [-0.2, -0.15) is 5.10 Å². The zero-order valence-corrected chi connectivity index (χ0v) is 11.9. The highest BCUT2D eigenvalue weighted by Crippen LogP contribution is 2.31. The molecule has 1 aliphatic carbocycles. The van der Waals surface area contributed by atoms with E-state index < -0.39 is 11.6 Å². The van der Waals surface area contributed by atoms with Gasteiger partial charge in [0.05, 0.1) is 18.8 Å². The number of halogens is 2. The fraction of sp³-hybridized carbons (Fsp3) is 0.333. The molecule has 1 atom stereocenters. The summed E-state index contributed by atoms with van der Waals surface area (Å²) in [6.45, 7) is -0.0768. The molecule has 0 saturated carbocycles. The Morgan fingerprint density at radius 3 is 3.00 bits per heavy atom. The maximum Gasteiger partial charge on any atom is 0.234 e. The molecular weight excluding hydrogens is 290 g/mol. The number of nitrogens with two attached hydrogens (primary N) is 1. The molecule has 1 aromatic carbocycles. The first-order valence-electron chi connectivity index (χ1n) is 7.12. The van der Waals surface area contributed by atoms with Crippen LogP contribution < -0.4 is 11.1 Å². The van der Waals surface area contributed by atoms with Crippen molar-refractivity contribution < 1.29 is 13.6 Å². The standard InChI is InChI=1S/C15H16F2N4O/c16-9-4-5-14(11(17)6-9)21-13-3-1-2-12(10(13)8-19-21)20-15(22)7-18/h4-6,8,12H,1-3,7,18H2,(H,20,22)/t12-/m0/s1. The average Bonchev–Trinajstić information content (AvgIpc) is 2.92. The molecule has 0 saturated heterocycles. The molecule has 2 aromatic rings. The van der Waals surface area contributed by atoms with E-state index in [1.165, 1.54) is 16.8 Å². The Morgan fingerprint density at radius 1 is 1.45 bits per heavy atom. The average molecular weight is 306 g/mol. The summed E-state index contributed by atoms with van der Waals surface area (Å²) in [6, 6.07) is 3.22. The number of carbonyl (C=O) groups is 1. The van der Waals surface area contributed by atoms with E-state index in [0.29, 0.717) is 0 Å². The summed E-state index contributed by atoms with van der Waals surface area (Å²) in [5.74, 6) is -1.53. The number of carbonyl (C=O) groups excluding carboxylic acids is 1. The van der Waals surface area contributed by atoms with Gasteiger partial charge in [0, 0.05) is 17.3 Å². The molecule has 0 unspecified atom stereocenters. The van der Waals surface area contributed by atoms with Crippen LogP contribution in [0, 0.1) is 11.6 Å². The number of rotatable bonds is 3. The Morgan fingerprint density at radius 2 is 2.27 bits per heavy atom. The zero-order chi connectivity index (χ0) is 15.7. The Kier molecular flexibility index (Phi) is 3.89. The summed E-state index contributed by atoms with van der Waals surface area (Å²) < 4.78 is 28.5. The van der Waals surface area contributed by atoms with E-state index in [2.05, 4.69) is 10.4 Å². The molecule has 7 heteroatoms. The number of fused-ring (bicyclic) bond motifs is 1. The van der Waals surface area contributed by atoms with Gasteiger partial charge in [-0.1, -0.05) is 0 Å². The summed E-state index contributed by atoms with van der Waals surface area (Å²) in [5, 5.41) is 7.06. The summed E-state index contributed by atoms with van der Waals surface area (Å²) in [5.41, 5.74) is 7.21. The van der Waals surface area contributed by atoms with Crippen LogP contribution >= 0.6 is 0 Å². The van der Waals surface area contributed by atoms with Crippen molar-refractivity contribution in [1.82, 2.24) is 15.1 Å². The van der Waals surface area contributed by atoms with Gasteiger partial charge in [-0.05, 0) is 31.4 Å². The van der Waals surface area contributed by atoms with Gasteiger partial charge in [0.25, 0.3) is 0 Å². The smallest absolute Gasteiger partial charge is 0.234 e. The Labute approximate surface area is 126 Å². The second kappa shape index (κ2) is 5.84. The number of aromatic nitrogens is 2. The van der Waals surface area contributed by atoms with E-state index in [-0.39, 0.29) is 24.2 Å². The summed E-state index contributed by atoms with van der Waals surface area (Å²) in [7, 11) is 0. The molecule has 22 heavy (non-hydrogen) atoms. The van der Waals surface area contributed by atoms with Gasteiger partial charge in [0.2, 0.25) is 5.91 Å². The molecule has 0 aliphatic heterocycles. The maximum atomic E-state index is 14.0. The van der Waals surface area contributed by atoms with Crippen LogP contribution in [0.1, 0.15) is 30.1 Å². The van der Waals surface area contributed by atoms with E-state index >= 15 is 0 Å². The van der Waals surface area contributed by atoms with Gasteiger partial charge >= 0.3 is 0 Å². The number of hydrogen-bond donors (Lipinski definition) is 2. The van der Waals surface area contributed by atoms with E-state index in [1.54, 1.807) is 6.20 Å². The first-order valence-corrected chi connectivity index (χ1v) is 7.12. The molecule has 0 bridgehead atoms. The lowest BCUT2D eigenvalue weighted by atomic mass is 9.93.